The van der Waals surface area contributed by atoms with Gasteiger partial charge in [0.2, 0.25) is 0 Å². The molecule has 4 heteroatoms. The fourth-order valence-corrected chi connectivity index (χ4v) is 2.87. The Morgan fingerprint density at radius 2 is 2.18 bits per heavy atom. The van der Waals surface area contributed by atoms with E-state index in [-0.39, 0.29) is 0 Å². The van der Waals surface area contributed by atoms with Crippen molar-refractivity contribution in [3.05, 3.63) is 28.9 Å². The molecule has 1 aromatic carbocycles. The second-order valence-corrected chi connectivity index (χ2v) is 6.38. The highest BCUT2D eigenvalue weighted by Gasteiger charge is 2.07. The number of pyridine rings is 1. The van der Waals surface area contributed by atoms with Crippen molar-refractivity contribution in [1.29, 1.82) is 0 Å². The molecule has 90 valence electrons. The molecule has 0 bridgehead atoms. The maximum absolute atomic E-state index is 5.98. The number of thioether (sulfide) groups is 1. The summed E-state index contributed by atoms with van der Waals surface area (Å²) in [4.78, 5) is 5.68. The maximum Gasteiger partial charge on any atom is 0.0859 e. The lowest BCUT2D eigenvalue weighted by atomic mass is 10.2. The molecule has 0 unspecified atom stereocenters. The number of halogens is 1. The molecule has 2 N–H and O–H groups in total. The fraction of sp³-hybridized carbons (Fsp3) is 0.308. The number of rotatable bonds is 3. The van der Waals surface area contributed by atoms with Gasteiger partial charge in [0.1, 0.15) is 0 Å². The van der Waals surface area contributed by atoms with E-state index < -0.39 is 0 Å². The summed E-state index contributed by atoms with van der Waals surface area (Å²) >= 11 is 5.27. The summed E-state index contributed by atoms with van der Waals surface area (Å²) in [7, 11) is 0. The molecule has 0 saturated heterocycles. The first-order valence-electron chi connectivity index (χ1n) is 5.54. The second-order valence-electron chi connectivity index (χ2n) is 4.41. The van der Waals surface area contributed by atoms with Gasteiger partial charge in [0.15, 0.2) is 0 Å². The molecule has 0 fully saturated rings. The molecule has 2 rings (SSSR count). The van der Waals surface area contributed by atoms with Crippen molar-refractivity contribution in [3.8, 4) is 0 Å². The van der Waals surface area contributed by atoms with E-state index in [9.17, 15) is 0 Å². The van der Waals surface area contributed by atoms with Crippen LogP contribution < -0.4 is 5.73 Å². The largest absolute Gasteiger partial charge is 0.398 e. The van der Waals surface area contributed by atoms with Crippen LogP contribution in [0, 0.1) is 5.92 Å². The zero-order chi connectivity index (χ0) is 12.4. The van der Waals surface area contributed by atoms with E-state index in [4.69, 9.17) is 5.73 Å². The molecule has 1 heterocycles. The summed E-state index contributed by atoms with van der Waals surface area (Å²) in [5.74, 6) is 1.76. The van der Waals surface area contributed by atoms with Crippen molar-refractivity contribution in [2.24, 2.45) is 5.92 Å². The van der Waals surface area contributed by atoms with Gasteiger partial charge < -0.3 is 5.73 Å². The summed E-state index contributed by atoms with van der Waals surface area (Å²) in [6, 6.07) is 6.04. The Bertz CT molecular complexity index is 540. The number of nitrogens with two attached hydrogens (primary N) is 1. The van der Waals surface area contributed by atoms with E-state index in [0.29, 0.717) is 5.92 Å². The number of benzene rings is 1. The van der Waals surface area contributed by atoms with Crippen molar-refractivity contribution >= 4 is 44.3 Å². The van der Waals surface area contributed by atoms with Gasteiger partial charge in [-0.3, -0.25) is 4.98 Å². The van der Waals surface area contributed by atoms with Crippen LogP contribution >= 0.6 is 27.7 Å². The predicted molar refractivity (Wildman–Crippen MR) is 79.4 cm³/mol. The fourth-order valence-electron chi connectivity index (χ4n) is 1.56. The molecule has 2 aromatic rings. The van der Waals surface area contributed by atoms with E-state index in [0.717, 1.165) is 26.8 Å². The standard InChI is InChI=1S/C13H15BrN2S/c1-8(2)7-17-12-4-3-11(15)10-5-9(14)6-16-13(10)12/h3-6,8H,7,15H2,1-2H3. The third-order valence-electron chi connectivity index (χ3n) is 2.39. The lowest BCUT2D eigenvalue weighted by Crippen LogP contribution is -1.94. The number of hydrogen-bond acceptors (Lipinski definition) is 3. The van der Waals surface area contributed by atoms with Crippen LogP contribution in [-0.4, -0.2) is 10.7 Å². The molecule has 0 atom stereocenters. The van der Waals surface area contributed by atoms with Gasteiger partial charge in [-0.1, -0.05) is 13.8 Å². The van der Waals surface area contributed by atoms with Crippen LogP contribution in [0.3, 0.4) is 0 Å². The summed E-state index contributed by atoms with van der Waals surface area (Å²) < 4.78 is 0.961. The van der Waals surface area contributed by atoms with Crippen LogP contribution in [-0.2, 0) is 0 Å². The molecule has 0 spiro atoms. The Labute approximate surface area is 114 Å². The van der Waals surface area contributed by atoms with E-state index in [2.05, 4.69) is 40.8 Å². The smallest absolute Gasteiger partial charge is 0.0859 e. The van der Waals surface area contributed by atoms with Crippen molar-refractivity contribution in [1.82, 2.24) is 4.98 Å². The van der Waals surface area contributed by atoms with Crippen LogP contribution in [0.4, 0.5) is 5.69 Å². The van der Waals surface area contributed by atoms with Gasteiger partial charge in [-0.25, -0.2) is 0 Å². The van der Waals surface area contributed by atoms with Gasteiger partial charge in [0.05, 0.1) is 5.52 Å². The number of fused-ring (bicyclic) bond motifs is 1. The first kappa shape index (κ1) is 12.7. The number of nitrogens with zero attached hydrogens (tertiary/aromatic N) is 1. The van der Waals surface area contributed by atoms with Gasteiger partial charge in [-0.15, -0.1) is 11.8 Å². The Kier molecular flexibility index (Phi) is 3.94. The average molecular weight is 311 g/mol. The summed E-state index contributed by atoms with van der Waals surface area (Å²) in [5.41, 5.74) is 7.76. The van der Waals surface area contributed by atoms with E-state index >= 15 is 0 Å². The molecule has 0 aliphatic heterocycles. The zero-order valence-electron chi connectivity index (χ0n) is 9.90. The summed E-state index contributed by atoms with van der Waals surface area (Å²) in [6.45, 7) is 4.44. The van der Waals surface area contributed by atoms with Crippen molar-refractivity contribution in [2.45, 2.75) is 18.7 Å². The van der Waals surface area contributed by atoms with E-state index in [1.165, 1.54) is 4.90 Å². The zero-order valence-corrected chi connectivity index (χ0v) is 12.3. The van der Waals surface area contributed by atoms with Crippen LogP contribution in [0.2, 0.25) is 0 Å². The Morgan fingerprint density at radius 1 is 1.41 bits per heavy atom. The molecule has 0 saturated carbocycles. The average Bonchev–Trinajstić information content (AvgIpc) is 2.28. The van der Waals surface area contributed by atoms with Crippen LogP contribution in [0.1, 0.15) is 13.8 Å². The van der Waals surface area contributed by atoms with Crippen LogP contribution in [0.25, 0.3) is 10.9 Å². The number of aromatic nitrogens is 1. The third kappa shape index (κ3) is 2.93. The molecule has 0 radical (unpaired) electrons. The summed E-state index contributed by atoms with van der Waals surface area (Å²) in [6.07, 6.45) is 1.82. The Morgan fingerprint density at radius 3 is 2.88 bits per heavy atom. The minimum Gasteiger partial charge on any atom is -0.398 e. The van der Waals surface area contributed by atoms with Gasteiger partial charge in [-0.2, -0.15) is 0 Å². The SMILES string of the molecule is CC(C)CSc1ccc(N)c2cc(Br)cnc12. The third-order valence-corrected chi connectivity index (χ3v) is 4.29. The van der Waals surface area contributed by atoms with Gasteiger partial charge >= 0.3 is 0 Å². The van der Waals surface area contributed by atoms with Crippen molar-refractivity contribution in [3.63, 3.8) is 0 Å². The Hall–Kier alpha value is -0.740. The van der Waals surface area contributed by atoms with E-state index in [1.54, 1.807) is 0 Å². The van der Waals surface area contributed by atoms with Gasteiger partial charge in [0, 0.05) is 32.4 Å². The minimum atomic E-state index is 0.669. The highest BCUT2D eigenvalue weighted by molar-refractivity contribution is 9.10. The number of anilines is 1. The molecule has 0 amide bonds. The normalized spacial score (nSPS) is 11.3. The van der Waals surface area contributed by atoms with Crippen molar-refractivity contribution < 1.29 is 0 Å². The number of nitrogen functional groups attached to an aromatic ring is 1. The summed E-state index contributed by atoms with van der Waals surface area (Å²) in [5, 5.41) is 1.02. The second kappa shape index (κ2) is 5.27. The topological polar surface area (TPSA) is 38.9 Å². The first-order valence-corrected chi connectivity index (χ1v) is 7.32. The molecule has 0 aliphatic carbocycles. The highest BCUT2D eigenvalue weighted by atomic mass is 79.9. The van der Waals surface area contributed by atoms with Crippen molar-refractivity contribution in [2.75, 3.05) is 11.5 Å². The van der Waals surface area contributed by atoms with E-state index in [1.807, 2.05) is 30.1 Å². The molecular weight excluding hydrogens is 296 g/mol. The monoisotopic (exact) mass is 310 g/mol. The molecular formula is C13H15BrN2S. The first-order chi connectivity index (χ1) is 8.08. The van der Waals surface area contributed by atoms with Gasteiger partial charge in [-0.05, 0) is 40.0 Å². The minimum absolute atomic E-state index is 0.669. The molecule has 17 heavy (non-hydrogen) atoms. The lowest BCUT2D eigenvalue weighted by Gasteiger charge is -2.09. The highest BCUT2D eigenvalue weighted by Crippen LogP contribution is 2.32. The van der Waals surface area contributed by atoms with Gasteiger partial charge in [0.25, 0.3) is 0 Å². The lowest BCUT2D eigenvalue weighted by molar-refractivity contribution is 0.750. The Balaban J connectivity index is 2.47. The predicted octanol–water partition coefficient (Wildman–Crippen LogP) is 4.33. The molecule has 1 aromatic heterocycles. The van der Waals surface area contributed by atoms with Crippen LogP contribution in [0.5, 0.6) is 0 Å². The molecule has 0 aliphatic rings. The number of hydrogen-bond donors (Lipinski definition) is 1. The quantitative estimate of drug-likeness (QED) is 0.677. The van der Waals surface area contributed by atoms with Crippen LogP contribution in [0.15, 0.2) is 33.8 Å². The maximum atomic E-state index is 5.98. The molecule has 2 nitrogen and oxygen atoms in total.